The van der Waals surface area contributed by atoms with Crippen molar-refractivity contribution in [3.05, 3.63) is 9.66 Å². The number of hydrogen-bond donors (Lipinski definition) is 0. The Morgan fingerprint density at radius 2 is 1.95 bits per heavy atom. The van der Waals surface area contributed by atoms with E-state index >= 15 is 0 Å². The SMILES string of the molecule is C[C@]12CCCCC1C(=O)C[C@@H]1C2CC[C@]2(C)C(I)=CC[C@@H]12. The van der Waals surface area contributed by atoms with E-state index in [0.29, 0.717) is 28.4 Å². The molecule has 3 fully saturated rings. The average Bonchev–Trinajstić information content (AvgIpc) is 2.75. The van der Waals surface area contributed by atoms with E-state index in [9.17, 15) is 4.79 Å². The zero-order valence-electron chi connectivity index (χ0n) is 13.3. The summed E-state index contributed by atoms with van der Waals surface area (Å²) in [5.41, 5.74) is 0.716. The predicted octanol–water partition coefficient (Wildman–Crippen LogP) is 5.53. The third kappa shape index (κ3) is 1.89. The summed E-state index contributed by atoms with van der Waals surface area (Å²) in [4.78, 5) is 12.8. The zero-order chi connectivity index (χ0) is 14.8. The maximum atomic E-state index is 12.8. The highest BCUT2D eigenvalue weighted by molar-refractivity contribution is 14.1. The van der Waals surface area contributed by atoms with Gasteiger partial charge in [-0.15, -0.1) is 0 Å². The molecule has 6 atom stereocenters. The maximum absolute atomic E-state index is 12.8. The Morgan fingerprint density at radius 1 is 1.14 bits per heavy atom. The molecule has 0 N–H and O–H groups in total. The summed E-state index contributed by atoms with van der Waals surface area (Å²) < 4.78 is 1.58. The molecule has 2 unspecified atom stereocenters. The molecule has 3 saturated carbocycles. The molecule has 0 aliphatic heterocycles. The van der Waals surface area contributed by atoms with Crippen molar-refractivity contribution in [2.75, 3.05) is 0 Å². The number of allylic oxidation sites excluding steroid dienone is 2. The fourth-order valence-electron chi connectivity index (χ4n) is 6.61. The number of carbonyl (C=O) groups is 1. The van der Waals surface area contributed by atoms with Crippen molar-refractivity contribution < 1.29 is 4.79 Å². The first-order valence-corrected chi connectivity index (χ1v) is 9.93. The topological polar surface area (TPSA) is 17.1 Å². The largest absolute Gasteiger partial charge is 0.299 e. The van der Waals surface area contributed by atoms with Gasteiger partial charge in [-0.25, -0.2) is 0 Å². The molecular formula is C19H27IO. The molecule has 2 heteroatoms. The van der Waals surface area contributed by atoms with Gasteiger partial charge in [0.2, 0.25) is 0 Å². The third-order valence-electron chi connectivity index (χ3n) is 7.85. The molecule has 0 radical (unpaired) electrons. The van der Waals surface area contributed by atoms with Crippen LogP contribution in [0.4, 0.5) is 0 Å². The van der Waals surface area contributed by atoms with Gasteiger partial charge < -0.3 is 0 Å². The van der Waals surface area contributed by atoms with E-state index in [1.807, 2.05) is 0 Å². The molecule has 4 aliphatic carbocycles. The molecule has 0 aromatic rings. The first-order valence-electron chi connectivity index (χ1n) is 8.86. The lowest BCUT2D eigenvalue weighted by Crippen LogP contribution is -2.55. The molecule has 4 rings (SSSR count). The van der Waals surface area contributed by atoms with E-state index in [-0.39, 0.29) is 0 Å². The van der Waals surface area contributed by atoms with E-state index in [1.165, 1.54) is 44.9 Å². The van der Waals surface area contributed by atoms with Crippen LogP contribution in [0.5, 0.6) is 0 Å². The summed E-state index contributed by atoms with van der Waals surface area (Å²) in [5.74, 6) is 3.23. The number of Topliss-reactive ketones (excluding diaryl/α,β-unsaturated/α-hetero) is 1. The smallest absolute Gasteiger partial charge is 0.136 e. The fraction of sp³-hybridized carbons (Fsp3) is 0.842. The van der Waals surface area contributed by atoms with E-state index in [0.717, 1.165) is 18.3 Å². The summed E-state index contributed by atoms with van der Waals surface area (Å²) in [6, 6.07) is 0. The lowest BCUT2D eigenvalue weighted by molar-refractivity contribution is -0.150. The highest BCUT2D eigenvalue weighted by Crippen LogP contribution is 2.66. The molecule has 0 spiro atoms. The fourth-order valence-corrected chi connectivity index (χ4v) is 7.54. The summed E-state index contributed by atoms with van der Waals surface area (Å²) in [7, 11) is 0. The van der Waals surface area contributed by atoms with Gasteiger partial charge in [-0.05, 0) is 81.4 Å². The molecule has 0 aromatic carbocycles. The second-order valence-corrected chi connectivity index (χ2v) is 9.76. The number of carbonyl (C=O) groups excluding carboxylic acids is 1. The van der Waals surface area contributed by atoms with Crippen LogP contribution in [-0.2, 0) is 4.79 Å². The molecular weight excluding hydrogens is 371 g/mol. The number of ketones is 1. The van der Waals surface area contributed by atoms with Crippen molar-refractivity contribution in [2.24, 2.45) is 34.5 Å². The van der Waals surface area contributed by atoms with E-state index < -0.39 is 0 Å². The van der Waals surface area contributed by atoms with Gasteiger partial charge in [-0.3, -0.25) is 4.79 Å². The minimum absolute atomic E-state index is 0.327. The quantitative estimate of drug-likeness (QED) is 0.491. The van der Waals surface area contributed by atoms with Crippen LogP contribution in [-0.4, -0.2) is 5.78 Å². The van der Waals surface area contributed by atoms with Gasteiger partial charge in [-0.1, -0.05) is 32.8 Å². The van der Waals surface area contributed by atoms with Gasteiger partial charge in [-0.2, -0.15) is 0 Å². The summed E-state index contributed by atoms with van der Waals surface area (Å²) >= 11 is 2.57. The van der Waals surface area contributed by atoms with Gasteiger partial charge in [0, 0.05) is 17.8 Å². The highest BCUT2D eigenvalue weighted by atomic mass is 127. The van der Waals surface area contributed by atoms with Gasteiger partial charge in [0.05, 0.1) is 0 Å². The molecule has 0 bridgehead atoms. The van der Waals surface area contributed by atoms with E-state index in [1.54, 1.807) is 3.58 Å². The van der Waals surface area contributed by atoms with Crippen LogP contribution < -0.4 is 0 Å². The monoisotopic (exact) mass is 398 g/mol. The number of rotatable bonds is 0. The lowest BCUT2D eigenvalue weighted by atomic mass is 9.45. The third-order valence-corrected chi connectivity index (χ3v) is 9.52. The van der Waals surface area contributed by atoms with Crippen molar-refractivity contribution in [1.29, 1.82) is 0 Å². The summed E-state index contributed by atoms with van der Waals surface area (Å²) in [6.45, 7) is 4.94. The van der Waals surface area contributed by atoms with Crippen LogP contribution in [0, 0.1) is 34.5 Å². The normalized spacial score (nSPS) is 52.7. The maximum Gasteiger partial charge on any atom is 0.136 e. The van der Waals surface area contributed by atoms with Crippen LogP contribution in [0.25, 0.3) is 0 Å². The summed E-state index contributed by atoms with van der Waals surface area (Å²) in [6.07, 6.45) is 12.4. The number of fused-ring (bicyclic) bond motifs is 5. The van der Waals surface area contributed by atoms with Crippen molar-refractivity contribution in [2.45, 2.75) is 65.2 Å². The van der Waals surface area contributed by atoms with Crippen molar-refractivity contribution >= 4 is 28.4 Å². The highest BCUT2D eigenvalue weighted by Gasteiger charge is 2.59. The van der Waals surface area contributed by atoms with Gasteiger partial charge in [0.1, 0.15) is 5.78 Å². The van der Waals surface area contributed by atoms with Crippen molar-refractivity contribution in [1.82, 2.24) is 0 Å². The average molecular weight is 398 g/mol. The molecule has 0 heterocycles. The Balaban J connectivity index is 1.70. The Hall–Kier alpha value is 0.140. The molecule has 116 valence electrons. The van der Waals surface area contributed by atoms with Crippen LogP contribution in [0.2, 0.25) is 0 Å². The Morgan fingerprint density at radius 3 is 2.76 bits per heavy atom. The van der Waals surface area contributed by atoms with E-state index in [2.05, 4.69) is 42.5 Å². The van der Waals surface area contributed by atoms with Crippen LogP contribution in [0.3, 0.4) is 0 Å². The van der Waals surface area contributed by atoms with Crippen LogP contribution >= 0.6 is 22.6 Å². The van der Waals surface area contributed by atoms with Crippen LogP contribution in [0.1, 0.15) is 65.2 Å². The van der Waals surface area contributed by atoms with Gasteiger partial charge >= 0.3 is 0 Å². The van der Waals surface area contributed by atoms with Gasteiger partial charge in [0.15, 0.2) is 0 Å². The van der Waals surface area contributed by atoms with E-state index in [4.69, 9.17) is 0 Å². The minimum atomic E-state index is 0.327. The molecule has 4 aliphatic rings. The second kappa shape index (κ2) is 4.82. The Bertz CT molecular complexity index is 510. The van der Waals surface area contributed by atoms with Crippen LogP contribution in [0.15, 0.2) is 9.66 Å². The lowest BCUT2D eigenvalue weighted by Gasteiger charge is -2.59. The molecule has 0 saturated heterocycles. The van der Waals surface area contributed by atoms with Gasteiger partial charge in [0.25, 0.3) is 0 Å². The first-order chi connectivity index (χ1) is 9.97. The minimum Gasteiger partial charge on any atom is -0.299 e. The molecule has 1 nitrogen and oxygen atoms in total. The van der Waals surface area contributed by atoms with Crippen molar-refractivity contribution in [3.63, 3.8) is 0 Å². The number of halogens is 1. The predicted molar refractivity (Wildman–Crippen MR) is 94.2 cm³/mol. The first kappa shape index (κ1) is 14.7. The Kier molecular flexibility index (Phi) is 3.37. The number of hydrogen-bond acceptors (Lipinski definition) is 1. The standard InChI is InChI=1S/C19H27IO/c1-18-9-4-3-5-15(18)16(21)11-12-13-6-7-17(20)19(13,2)10-8-14(12)18/h7,12-15H,3-6,8-11H2,1-2H3/t12-,13-,14?,15?,18+,19-/m0/s1. The Labute approximate surface area is 142 Å². The molecule has 21 heavy (non-hydrogen) atoms. The zero-order valence-corrected chi connectivity index (χ0v) is 15.5. The second-order valence-electron chi connectivity index (χ2n) is 8.60. The molecule has 0 aromatic heterocycles. The molecule has 0 amide bonds. The summed E-state index contributed by atoms with van der Waals surface area (Å²) in [5, 5.41) is 0. The van der Waals surface area contributed by atoms with Crippen molar-refractivity contribution in [3.8, 4) is 0 Å².